The smallest absolute Gasteiger partial charge is 0.268 e. The van der Waals surface area contributed by atoms with E-state index in [1.165, 1.54) is 6.26 Å². The number of aromatic amines is 2. The molecule has 2 heterocycles. The lowest BCUT2D eigenvalue weighted by Crippen LogP contribution is -2.20. The van der Waals surface area contributed by atoms with Gasteiger partial charge in [-0.25, -0.2) is 0 Å². The molecular weight excluding hydrogens is 322 g/mol. The molecule has 1 aromatic carbocycles. The Labute approximate surface area is 143 Å². The van der Waals surface area contributed by atoms with Gasteiger partial charge in [-0.15, -0.1) is 0 Å². The first-order chi connectivity index (χ1) is 12.1. The van der Waals surface area contributed by atoms with Crippen molar-refractivity contribution >= 4 is 5.91 Å². The SMILES string of the molecule is COc1ccc(Cc2[nH][nH]c(=O)c2[C@@H](CC(N)=O)c2ccco2)cc1. The minimum absolute atomic E-state index is 0.00986. The molecule has 0 aliphatic heterocycles. The van der Waals surface area contributed by atoms with Gasteiger partial charge in [0, 0.05) is 18.5 Å². The van der Waals surface area contributed by atoms with Gasteiger partial charge in [-0.05, 0) is 29.8 Å². The molecule has 0 aliphatic carbocycles. The van der Waals surface area contributed by atoms with Crippen LogP contribution < -0.4 is 16.0 Å². The molecule has 0 spiro atoms. The molecule has 1 amide bonds. The van der Waals surface area contributed by atoms with Crippen molar-refractivity contribution in [2.45, 2.75) is 18.8 Å². The van der Waals surface area contributed by atoms with Gasteiger partial charge in [-0.2, -0.15) is 0 Å². The number of rotatable bonds is 7. The van der Waals surface area contributed by atoms with Crippen LogP contribution in [0.3, 0.4) is 0 Å². The molecule has 7 nitrogen and oxygen atoms in total. The van der Waals surface area contributed by atoms with E-state index < -0.39 is 11.8 Å². The van der Waals surface area contributed by atoms with Crippen molar-refractivity contribution in [1.82, 2.24) is 10.2 Å². The number of hydrogen-bond acceptors (Lipinski definition) is 4. The van der Waals surface area contributed by atoms with E-state index >= 15 is 0 Å². The van der Waals surface area contributed by atoms with E-state index in [9.17, 15) is 9.59 Å². The van der Waals surface area contributed by atoms with E-state index in [1.807, 2.05) is 24.3 Å². The molecule has 2 aromatic heterocycles. The first-order valence-corrected chi connectivity index (χ1v) is 7.82. The lowest BCUT2D eigenvalue weighted by Gasteiger charge is -2.13. The quantitative estimate of drug-likeness (QED) is 0.609. The van der Waals surface area contributed by atoms with Crippen molar-refractivity contribution in [2.24, 2.45) is 5.73 Å². The number of H-pyrrole nitrogens is 2. The Morgan fingerprint density at radius 1 is 1.24 bits per heavy atom. The van der Waals surface area contributed by atoms with Crippen LogP contribution in [0.1, 0.15) is 34.9 Å². The molecule has 0 saturated carbocycles. The number of carbonyl (C=O) groups is 1. The molecule has 25 heavy (non-hydrogen) atoms. The maximum absolute atomic E-state index is 12.3. The van der Waals surface area contributed by atoms with E-state index in [0.717, 1.165) is 11.3 Å². The minimum atomic E-state index is -0.532. The number of primary amides is 1. The monoisotopic (exact) mass is 341 g/mol. The number of carbonyl (C=O) groups excluding carboxylic acids is 1. The van der Waals surface area contributed by atoms with E-state index in [1.54, 1.807) is 19.2 Å². The lowest BCUT2D eigenvalue weighted by molar-refractivity contribution is -0.118. The van der Waals surface area contributed by atoms with Crippen molar-refractivity contribution in [2.75, 3.05) is 7.11 Å². The Bertz CT molecular complexity index is 891. The van der Waals surface area contributed by atoms with Crippen molar-refractivity contribution in [3.63, 3.8) is 0 Å². The number of furan rings is 1. The molecule has 0 radical (unpaired) electrons. The minimum Gasteiger partial charge on any atom is -0.497 e. The van der Waals surface area contributed by atoms with Crippen LogP contribution >= 0.6 is 0 Å². The van der Waals surface area contributed by atoms with Gasteiger partial charge < -0.3 is 20.0 Å². The first-order valence-electron chi connectivity index (χ1n) is 7.82. The predicted octanol–water partition coefficient (Wildman–Crippen LogP) is 1.90. The molecule has 7 heteroatoms. The second-order valence-electron chi connectivity index (χ2n) is 5.73. The zero-order valence-corrected chi connectivity index (χ0v) is 13.7. The molecule has 130 valence electrons. The highest BCUT2D eigenvalue weighted by Crippen LogP contribution is 2.29. The average Bonchev–Trinajstić information content (AvgIpc) is 3.24. The van der Waals surface area contributed by atoms with Crippen LogP contribution in [0.25, 0.3) is 0 Å². The number of amides is 1. The van der Waals surface area contributed by atoms with Crippen LogP contribution in [-0.4, -0.2) is 23.2 Å². The Kier molecular flexibility index (Phi) is 4.74. The Morgan fingerprint density at radius 2 is 2.00 bits per heavy atom. The third-order valence-corrected chi connectivity index (χ3v) is 4.08. The summed E-state index contributed by atoms with van der Waals surface area (Å²) in [5, 5.41) is 5.50. The highest BCUT2D eigenvalue weighted by atomic mass is 16.5. The maximum Gasteiger partial charge on any atom is 0.268 e. The van der Waals surface area contributed by atoms with Crippen LogP contribution in [0, 0.1) is 0 Å². The van der Waals surface area contributed by atoms with E-state index in [0.29, 0.717) is 23.4 Å². The highest BCUT2D eigenvalue weighted by molar-refractivity contribution is 5.75. The van der Waals surface area contributed by atoms with Gasteiger partial charge in [0.1, 0.15) is 11.5 Å². The number of hydrogen-bond donors (Lipinski definition) is 3. The first kappa shape index (κ1) is 16.6. The fourth-order valence-corrected chi connectivity index (χ4v) is 2.90. The van der Waals surface area contributed by atoms with Crippen molar-refractivity contribution in [3.05, 3.63) is 75.6 Å². The number of ether oxygens (including phenoxy) is 1. The lowest BCUT2D eigenvalue weighted by atomic mass is 9.91. The number of methoxy groups -OCH3 is 1. The summed E-state index contributed by atoms with van der Waals surface area (Å²) in [5.41, 5.74) is 7.24. The van der Waals surface area contributed by atoms with Crippen LogP contribution in [0.5, 0.6) is 5.75 Å². The number of nitrogens with one attached hydrogen (secondary N) is 2. The molecule has 0 unspecified atom stereocenters. The fraction of sp³-hybridized carbons (Fsp3) is 0.222. The third kappa shape index (κ3) is 3.65. The molecular formula is C18H19N3O4. The maximum atomic E-state index is 12.3. The van der Waals surface area contributed by atoms with Gasteiger partial charge in [0.15, 0.2) is 0 Å². The van der Waals surface area contributed by atoms with Gasteiger partial charge in [0.25, 0.3) is 5.56 Å². The van der Waals surface area contributed by atoms with Crippen LogP contribution in [0.15, 0.2) is 51.9 Å². The summed E-state index contributed by atoms with van der Waals surface area (Å²) in [5.74, 6) is 0.252. The number of nitrogens with two attached hydrogens (primary N) is 1. The van der Waals surface area contributed by atoms with Gasteiger partial charge in [0.2, 0.25) is 5.91 Å². The van der Waals surface area contributed by atoms with Crippen molar-refractivity contribution < 1.29 is 13.9 Å². The van der Waals surface area contributed by atoms with Crippen LogP contribution in [0.2, 0.25) is 0 Å². The third-order valence-electron chi connectivity index (χ3n) is 4.08. The molecule has 0 saturated heterocycles. The summed E-state index contributed by atoms with van der Waals surface area (Å²) in [7, 11) is 1.61. The Morgan fingerprint density at radius 3 is 2.60 bits per heavy atom. The van der Waals surface area contributed by atoms with Gasteiger partial charge in [0.05, 0.1) is 24.9 Å². The summed E-state index contributed by atoms with van der Waals surface area (Å²) in [6.45, 7) is 0. The van der Waals surface area contributed by atoms with Crippen LogP contribution in [-0.2, 0) is 11.2 Å². The van der Waals surface area contributed by atoms with Gasteiger partial charge in [-0.1, -0.05) is 12.1 Å². The van der Waals surface area contributed by atoms with E-state index in [2.05, 4.69) is 10.2 Å². The summed E-state index contributed by atoms with van der Waals surface area (Å²) >= 11 is 0. The topological polar surface area (TPSA) is 114 Å². The van der Waals surface area contributed by atoms with Gasteiger partial charge >= 0.3 is 0 Å². The highest BCUT2D eigenvalue weighted by Gasteiger charge is 2.26. The predicted molar refractivity (Wildman–Crippen MR) is 91.6 cm³/mol. The molecule has 1 atom stereocenters. The van der Waals surface area contributed by atoms with Crippen LogP contribution in [0.4, 0.5) is 0 Å². The van der Waals surface area contributed by atoms with Gasteiger partial charge in [-0.3, -0.25) is 14.7 Å². The summed E-state index contributed by atoms with van der Waals surface area (Å²) < 4.78 is 10.6. The second-order valence-corrected chi connectivity index (χ2v) is 5.73. The zero-order valence-electron chi connectivity index (χ0n) is 13.7. The summed E-state index contributed by atoms with van der Waals surface area (Å²) in [6, 6.07) is 11.0. The number of benzene rings is 1. The van der Waals surface area contributed by atoms with E-state index in [-0.39, 0.29) is 12.0 Å². The van der Waals surface area contributed by atoms with E-state index in [4.69, 9.17) is 14.9 Å². The molecule has 0 aliphatic rings. The summed E-state index contributed by atoms with van der Waals surface area (Å²) in [6.07, 6.45) is 1.99. The normalized spacial score (nSPS) is 12.0. The molecule has 4 N–H and O–H groups in total. The standard InChI is InChI=1S/C18H19N3O4/c1-24-12-6-4-11(5-7-12)9-14-17(18(23)21-20-14)13(10-16(19)22)15-3-2-8-25-15/h2-8,13H,9-10H2,1H3,(H2,19,22)(H2,20,21,23)/t13-/m0/s1. The fourth-order valence-electron chi connectivity index (χ4n) is 2.90. The molecule has 0 bridgehead atoms. The van der Waals surface area contributed by atoms with Crippen molar-refractivity contribution in [1.29, 1.82) is 0 Å². The Balaban J connectivity index is 1.96. The molecule has 0 fully saturated rings. The largest absolute Gasteiger partial charge is 0.497 e. The summed E-state index contributed by atoms with van der Waals surface area (Å²) in [4.78, 5) is 23.8. The molecule has 3 rings (SSSR count). The second kappa shape index (κ2) is 7.12. The zero-order chi connectivity index (χ0) is 17.8. The Hall–Kier alpha value is -3.22. The average molecular weight is 341 g/mol. The number of aromatic nitrogens is 2. The molecule has 3 aromatic rings. The van der Waals surface area contributed by atoms with Crippen molar-refractivity contribution in [3.8, 4) is 5.75 Å².